The van der Waals surface area contributed by atoms with E-state index in [9.17, 15) is 14.2 Å². The molecule has 12 heteroatoms. The van der Waals surface area contributed by atoms with Gasteiger partial charge in [-0.25, -0.2) is 4.98 Å². The Morgan fingerprint density at radius 3 is 2.00 bits per heavy atom. The summed E-state index contributed by atoms with van der Waals surface area (Å²) in [5, 5.41) is 6.02. The fourth-order valence-electron chi connectivity index (χ4n) is 0.990. The molecular formula is C5H10N2O7P2S. The van der Waals surface area contributed by atoms with Gasteiger partial charge in [-0.3, -0.25) is 9.13 Å². The lowest BCUT2D eigenvalue weighted by Crippen LogP contribution is -2.31. The Bertz CT molecular complexity index is 482. The summed E-state index contributed by atoms with van der Waals surface area (Å²) in [6, 6.07) is 0. The van der Waals surface area contributed by atoms with E-state index in [-0.39, 0.29) is 10.8 Å². The van der Waals surface area contributed by atoms with E-state index >= 15 is 0 Å². The fourth-order valence-corrected chi connectivity index (χ4v) is 4.00. The molecule has 1 aromatic rings. The van der Waals surface area contributed by atoms with Crippen LogP contribution < -0.4 is 0 Å². The van der Waals surface area contributed by atoms with Crippen LogP contribution in [0.1, 0.15) is 10.8 Å². The second kappa shape index (κ2) is 4.49. The monoisotopic (exact) mass is 304 g/mol. The molecule has 0 aliphatic carbocycles. The Kier molecular flexibility index (Phi) is 3.93. The predicted octanol–water partition coefficient (Wildman–Crippen LogP) is -0.609. The van der Waals surface area contributed by atoms with E-state index in [0.717, 1.165) is 0 Å². The summed E-state index contributed by atoms with van der Waals surface area (Å²) in [5.74, 6) is 0.281. The Labute approximate surface area is 99.6 Å². The maximum atomic E-state index is 11.0. The van der Waals surface area contributed by atoms with Crippen LogP contribution in [0.15, 0.2) is 0 Å². The minimum Gasteiger partial charge on any atom is -0.367 e. The molecule has 9 nitrogen and oxygen atoms in total. The van der Waals surface area contributed by atoms with E-state index in [2.05, 4.69) is 9.36 Å². The smallest absolute Gasteiger partial charge is 0.367 e. The molecular weight excluding hydrogens is 294 g/mol. The first kappa shape index (κ1) is 14.9. The van der Waals surface area contributed by atoms with Crippen LogP contribution in [-0.4, -0.2) is 39.1 Å². The molecule has 0 aliphatic rings. The van der Waals surface area contributed by atoms with Gasteiger partial charge in [0, 0.05) is 0 Å². The van der Waals surface area contributed by atoms with Crippen molar-refractivity contribution in [3.05, 3.63) is 10.8 Å². The lowest BCUT2D eigenvalue weighted by Gasteiger charge is -2.28. The zero-order valence-electron chi connectivity index (χ0n) is 8.46. The highest BCUT2D eigenvalue weighted by molar-refractivity contribution is 7.72. The number of aromatic nitrogens is 2. The Balaban J connectivity index is 3.19. The summed E-state index contributed by atoms with van der Waals surface area (Å²) in [6.45, 7) is 1.49. The largest absolute Gasteiger partial charge is 0.369 e. The van der Waals surface area contributed by atoms with E-state index < -0.39 is 26.7 Å². The van der Waals surface area contributed by atoms with Gasteiger partial charge in [0.2, 0.25) is 0 Å². The van der Waals surface area contributed by atoms with Crippen molar-refractivity contribution in [2.75, 3.05) is 0 Å². The molecule has 0 aliphatic heterocycles. The highest BCUT2D eigenvalue weighted by atomic mass is 32.1. The second-order valence-electron chi connectivity index (χ2n) is 3.27. The van der Waals surface area contributed by atoms with Crippen LogP contribution in [0.5, 0.6) is 0 Å². The van der Waals surface area contributed by atoms with Gasteiger partial charge in [-0.2, -0.15) is 4.37 Å². The van der Waals surface area contributed by atoms with Gasteiger partial charge in [-0.05, 0) is 18.5 Å². The van der Waals surface area contributed by atoms with Crippen molar-refractivity contribution in [1.29, 1.82) is 0 Å². The normalized spacial score (nSPS) is 14.0. The van der Waals surface area contributed by atoms with E-state index in [4.69, 9.17) is 19.6 Å². The van der Waals surface area contributed by atoms with Crippen LogP contribution in [0.3, 0.4) is 0 Å². The fraction of sp³-hybridized carbons (Fsp3) is 0.600. The van der Waals surface area contributed by atoms with Crippen molar-refractivity contribution in [3.8, 4) is 0 Å². The van der Waals surface area contributed by atoms with Gasteiger partial charge in [-0.1, -0.05) is 0 Å². The molecule has 0 aromatic carbocycles. The molecule has 0 spiro atoms. The summed E-state index contributed by atoms with van der Waals surface area (Å²) < 4.78 is 25.7. The average molecular weight is 304 g/mol. The van der Waals surface area contributed by atoms with Gasteiger partial charge in [0.05, 0.1) is 6.42 Å². The molecule has 0 fully saturated rings. The first-order valence-electron chi connectivity index (χ1n) is 4.10. The van der Waals surface area contributed by atoms with E-state index in [1.165, 1.54) is 6.92 Å². The van der Waals surface area contributed by atoms with Crippen LogP contribution in [0.4, 0.5) is 0 Å². The van der Waals surface area contributed by atoms with Crippen molar-refractivity contribution < 1.29 is 33.8 Å². The molecule has 5 N–H and O–H groups in total. The molecule has 1 aromatic heterocycles. The third-order valence-electron chi connectivity index (χ3n) is 1.89. The number of rotatable bonds is 4. The number of aliphatic hydroxyl groups is 1. The standard InChI is InChI=1S/C5H10N2O7P2S/c1-3-6-4(17-7-3)2-5(8,15(9,10)11)16(12,13)14/h8H,2H2,1H3,(H2,9,10,11)(H2,12,13,14). The molecule has 1 heterocycles. The van der Waals surface area contributed by atoms with Crippen molar-refractivity contribution in [1.82, 2.24) is 9.36 Å². The summed E-state index contributed by atoms with van der Waals surface area (Å²) in [6.07, 6.45) is -0.965. The Morgan fingerprint density at radius 1 is 1.24 bits per heavy atom. The molecule has 0 unspecified atom stereocenters. The van der Waals surface area contributed by atoms with Crippen LogP contribution in [0.2, 0.25) is 0 Å². The zero-order chi connectivity index (χ0) is 13.5. The SMILES string of the molecule is Cc1nsc(CC(O)(P(=O)(O)O)P(=O)(O)O)n1. The number of hydrogen-bond acceptors (Lipinski definition) is 6. The van der Waals surface area contributed by atoms with Crippen LogP contribution >= 0.6 is 26.7 Å². The molecule has 0 amide bonds. The third kappa shape index (κ3) is 2.98. The third-order valence-corrected chi connectivity index (χ3v) is 6.44. The minimum absolute atomic E-state index is 0.0725. The van der Waals surface area contributed by atoms with Crippen molar-refractivity contribution >= 4 is 26.7 Å². The molecule has 0 bridgehead atoms. The molecule has 0 saturated carbocycles. The average Bonchev–Trinajstić information content (AvgIpc) is 2.47. The number of hydrogen-bond donors (Lipinski definition) is 5. The lowest BCUT2D eigenvalue weighted by molar-refractivity contribution is 0.131. The minimum atomic E-state index is -5.43. The van der Waals surface area contributed by atoms with Crippen LogP contribution in [-0.2, 0) is 15.6 Å². The first-order valence-corrected chi connectivity index (χ1v) is 8.10. The molecule has 1 rings (SSSR count). The quantitative estimate of drug-likeness (QED) is 0.457. The van der Waals surface area contributed by atoms with E-state index in [1.54, 1.807) is 0 Å². The van der Waals surface area contributed by atoms with Gasteiger partial charge in [-0.15, -0.1) is 0 Å². The number of nitrogens with zero attached hydrogens (tertiary/aromatic N) is 2. The van der Waals surface area contributed by atoms with Gasteiger partial charge in [0.15, 0.2) is 0 Å². The Morgan fingerprint density at radius 2 is 1.71 bits per heavy atom. The highest BCUT2D eigenvalue weighted by Gasteiger charge is 2.59. The summed E-state index contributed by atoms with van der Waals surface area (Å²) in [5.41, 5.74) is 0. The van der Waals surface area contributed by atoms with Gasteiger partial charge < -0.3 is 24.7 Å². The van der Waals surface area contributed by atoms with Crippen LogP contribution in [0, 0.1) is 6.92 Å². The van der Waals surface area contributed by atoms with Gasteiger partial charge >= 0.3 is 15.2 Å². The topological polar surface area (TPSA) is 161 Å². The lowest BCUT2D eigenvalue weighted by atomic mass is 10.5. The Hall–Kier alpha value is -0.180. The van der Waals surface area contributed by atoms with Crippen molar-refractivity contribution in [2.45, 2.75) is 18.4 Å². The summed E-state index contributed by atoms with van der Waals surface area (Å²) in [4.78, 5) is 39.1. The molecule has 0 radical (unpaired) electrons. The van der Waals surface area contributed by atoms with Gasteiger partial charge in [0.1, 0.15) is 10.8 Å². The molecule has 0 saturated heterocycles. The second-order valence-corrected chi connectivity index (χ2v) is 8.12. The van der Waals surface area contributed by atoms with E-state index in [0.29, 0.717) is 11.5 Å². The summed E-state index contributed by atoms with van der Waals surface area (Å²) >= 11 is 0.701. The van der Waals surface area contributed by atoms with Crippen LogP contribution in [0.25, 0.3) is 0 Å². The maximum Gasteiger partial charge on any atom is 0.369 e. The summed E-state index contributed by atoms with van der Waals surface area (Å²) in [7, 11) is -10.9. The van der Waals surface area contributed by atoms with Gasteiger partial charge in [0.25, 0.3) is 5.08 Å². The number of aryl methyl sites for hydroxylation is 1. The molecule has 98 valence electrons. The van der Waals surface area contributed by atoms with Crippen molar-refractivity contribution in [2.24, 2.45) is 0 Å². The predicted molar refractivity (Wildman–Crippen MR) is 57.4 cm³/mol. The first-order chi connectivity index (χ1) is 7.47. The molecule has 0 atom stereocenters. The zero-order valence-corrected chi connectivity index (χ0v) is 11.1. The maximum absolute atomic E-state index is 11.0. The van der Waals surface area contributed by atoms with Crippen molar-refractivity contribution in [3.63, 3.8) is 0 Å². The molecule has 17 heavy (non-hydrogen) atoms. The highest BCUT2D eigenvalue weighted by Crippen LogP contribution is 2.68. The van der Waals surface area contributed by atoms with E-state index in [1.807, 2.05) is 0 Å².